The Kier molecular flexibility index (Phi) is 5.21. The molecule has 108 valence electrons. The lowest BCUT2D eigenvalue weighted by molar-refractivity contribution is 0.558. The Hall–Kier alpha value is -0.880. The summed E-state index contributed by atoms with van der Waals surface area (Å²) in [7, 11) is 4.06. The lowest BCUT2D eigenvalue weighted by Gasteiger charge is -2.19. The van der Waals surface area contributed by atoms with E-state index >= 15 is 0 Å². The zero-order valence-corrected chi connectivity index (χ0v) is 14.7. The van der Waals surface area contributed by atoms with Gasteiger partial charge in [-0.3, -0.25) is 4.68 Å². The van der Waals surface area contributed by atoms with Crippen LogP contribution in [0.25, 0.3) is 0 Å². The van der Waals surface area contributed by atoms with Crippen LogP contribution < -0.4 is 5.32 Å². The molecule has 1 N–H and O–H groups in total. The highest BCUT2D eigenvalue weighted by molar-refractivity contribution is 14.1. The van der Waals surface area contributed by atoms with Gasteiger partial charge in [0.15, 0.2) is 0 Å². The number of nitrogens with one attached hydrogen (secondary N) is 1. The molecule has 0 fully saturated rings. The Balaban J connectivity index is 2.28. The minimum atomic E-state index is 0.321. The molecular formula is C16H22IN3. The predicted octanol–water partition coefficient (Wildman–Crippen LogP) is 3.40. The van der Waals surface area contributed by atoms with Crippen molar-refractivity contribution < 1.29 is 0 Å². The SMILES string of the molecule is CCc1cc(CC(NC)c2cccc(C)c2I)n(C)n1. The Morgan fingerprint density at radius 2 is 2.15 bits per heavy atom. The van der Waals surface area contributed by atoms with Crippen LogP contribution in [0, 0.1) is 10.5 Å². The van der Waals surface area contributed by atoms with E-state index in [1.807, 2.05) is 18.8 Å². The summed E-state index contributed by atoms with van der Waals surface area (Å²) in [6, 6.07) is 9.05. The van der Waals surface area contributed by atoms with Gasteiger partial charge in [0.25, 0.3) is 0 Å². The van der Waals surface area contributed by atoms with Gasteiger partial charge in [0.1, 0.15) is 0 Å². The van der Waals surface area contributed by atoms with E-state index in [2.05, 4.69) is 71.1 Å². The summed E-state index contributed by atoms with van der Waals surface area (Å²) in [5.74, 6) is 0. The monoisotopic (exact) mass is 383 g/mol. The van der Waals surface area contributed by atoms with Crippen molar-refractivity contribution in [1.29, 1.82) is 0 Å². The van der Waals surface area contributed by atoms with Gasteiger partial charge in [-0.1, -0.05) is 25.1 Å². The number of likely N-dealkylation sites (N-methyl/N-ethyl adjacent to an activating group) is 1. The largest absolute Gasteiger partial charge is 0.313 e. The number of nitrogens with zero attached hydrogens (tertiary/aromatic N) is 2. The molecule has 1 heterocycles. The van der Waals surface area contributed by atoms with Gasteiger partial charge in [-0.25, -0.2) is 0 Å². The van der Waals surface area contributed by atoms with Crippen LogP contribution in [0.3, 0.4) is 0 Å². The molecule has 0 saturated carbocycles. The highest BCUT2D eigenvalue weighted by Crippen LogP contribution is 2.25. The van der Waals surface area contributed by atoms with Gasteiger partial charge in [-0.2, -0.15) is 5.10 Å². The number of benzene rings is 1. The molecule has 1 unspecified atom stereocenters. The molecule has 0 aliphatic heterocycles. The molecule has 20 heavy (non-hydrogen) atoms. The first-order valence-corrected chi connectivity index (χ1v) is 8.08. The average molecular weight is 383 g/mol. The Morgan fingerprint density at radius 1 is 1.40 bits per heavy atom. The van der Waals surface area contributed by atoms with Crippen molar-refractivity contribution in [3.63, 3.8) is 0 Å². The summed E-state index contributed by atoms with van der Waals surface area (Å²) in [4.78, 5) is 0. The maximum Gasteiger partial charge on any atom is 0.0624 e. The van der Waals surface area contributed by atoms with Gasteiger partial charge >= 0.3 is 0 Å². The van der Waals surface area contributed by atoms with Crippen LogP contribution in [-0.4, -0.2) is 16.8 Å². The number of aryl methyl sites for hydroxylation is 3. The minimum Gasteiger partial charge on any atom is -0.313 e. The third-order valence-electron chi connectivity index (χ3n) is 3.75. The Bertz CT molecular complexity index is 589. The summed E-state index contributed by atoms with van der Waals surface area (Å²) in [5, 5.41) is 7.98. The maximum atomic E-state index is 4.54. The second-order valence-corrected chi connectivity index (χ2v) is 6.21. The average Bonchev–Trinajstić information content (AvgIpc) is 2.80. The number of hydrogen-bond acceptors (Lipinski definition) is 2. The van der Waals surface area contributed by atoms with E-state index in [4.69, 9.17) is 0 Å². The first kappa shape index (κ1) is 15.5. The van der Waals surface area contributed by atoms with Crippen molar-refractivity contribution in [2.24, 2.45) is 7.05 Å². The summed E-state index contributed by atoms with van der Waals surface area (Å²) in [6.07, 6.45) is 1.94. The third-order valence-corrected chi connectivity index (χ3v) is 5.22. The van der Waals surface area contributed by atoms with Crippen molar-refractivity contribution >= 4 is 22.6 Å². The molecule has 3 nitrogen and oxygen atoms in total. The van der Waals surface area contributed by atoms with Gasteiger partial charge < -0.3 is 5.32 Å². The fourth-order valence-electron chi connectivity index (χ4n) is 2.45. The number of rotatable bonds is 5. The molecule has 0 aliphatic rings. The van der Waals surface area contributed by atoms with Gasteiger partial charge in [0.05, 0.1) is 5.69 Å². The number of halogens is 1. The van der Waals surface area contributed by atoms with Gasteiger partial charge in [0.2, 0.25) is 0 Å². The number of aromatic nitrogens is 2. The summed E-state index contributed by atoms with van der Waals surface area (Å²) in [6.45, 7) is 4.31. The molecule has 0 amide bonds. The second-order valence-electron chi connectivity index (χ2n) is 5.13. The van der Waals surface area contributed by atoms with Crippen LogP contribution in [0.5, 0.6) is 0 Å². The lowest BCUT2D eigenvalue weighted by atomic mass is 10.00. The molecule has 0 bridgehead atoms. The van der Waals surface area contributed by atoms with Crippen LogP contribution in [-0.2, 0) is 19.9 Å². The molecule has 1 aromatic heterocycles. The van der Waals surface area contributed by atoms with E-state index in [1.165, 1.54) is 20.4 Å². The predicted molar refractivity (Wildman–Crippen MR) is 92.0 cm³/mol. The van der Waals surface area contributed by atoms with Crippen molar-refractivity contribution in [3.05, 3.63) is 50.4 Å². The topological polar surface area (TPSA) is 29.9 Å². The molecule has 1 atom stereocenters. The molecule has 0 spiro atoms. The third kappa shape index (κ3) is 3.23. The molecule has 2 rings (SSSR count). The highest BCUT2D eigenvalue weighted by atomic mass is 127. The zero-order chi connectivity index (χ0) is 14.7. The lowest BCUT2D eigenvalue weighted by Crippen LogP contribution is -2.21. The smallest absolute Gasteiger partial charge is 0.0624 e. The van der Waals surface area contributed by atoms with Crippen LogP contribution in [0.2, 0.25) is 0 Å². The van der Waals surface area contributed by atoms with E-state index in [0.717, 1.165) is 18.5 Å². The zero-order valence-electron chi connectivity index (χ0n) is 12.6. The van der Waals surface area contributed by atoms with E-state index in [1.54, 1.807) is 0 Å². The molecule has 0 saturated heterocycles. The standard InChI is InChI=1S/C16H22IN3/c1-5-12-9-13(20(4)19-12)10-15(18-3)14-8-6-7-11(2)16(14)17/h6-9,15,18H,5,10H2,1-4H3. The van der Waals surface area contributed by atoms with E-state index in [-0.39, 0.29) is 0 Å². The summed E-state index contributed by atoms with van der Waals surface area (Å²) < 4.78 is 3.36. The van der Waals surface area contributed by atoms with Crippen molar-refractivity contribution in [2.45, 2.75) is 32.7 Å². The van der Waals surface area contributed by atoms with Crippen molar-refractivity contribution in [1.82, 2.24) is 15.1 Å². The van der Waals surface area contributed by atoms with Gasteiger partial charge in [-0.05, 0) is 60.2 Å². The molecule has 0 radical (unpaired) electrons. The molecular weight excluding hydrogens is 361 g/mol. The fraction of sp³-hybridized carbons (Fsp3) is 0.438. The molecule has 4 heteroatoms. The first-order chi connectivity index (χ1) is 9.56. The highest BCUT2D eigenvalue weighted by Gasteiger charge is 2.16. The van der Waals surface area contributed by atoms with Gasteiger partial charge in [-0.15, -0.1) is 0 Å². The minimum absolute atomic E-state index is 0.321. The van der Waals surface area contributed by atoms with Crippen LogP contribution in [0.1, 0.15) is 35.5 Å². The van der Waals surface area contributed by atoms with Gasteiger partial charge in [0, 0.05) is 28.8 Å². The van der Waals surface area contributed by atoms with E-state index < -0.39 is 0 Å². The maximum absolute atomic E-state index is 4.54. The normalized spacial score (nSPS) is 12.7. The molecule has 0 aliphatic carbocycles. The Morgan fingerprint density at radius 3 is 2.75 bits per heavy atom. The number of hydrogen-bond donors (Lipinski definition) is 1. The molecule has 2 aromatic rings. The summed E-state index contributed by atoms with van der Waals surface area (Å²) in [5.41, 5.74) is 5.14. The van der Waals surface area contributed by atoms with Crippen LogP contribution in [0.15, 0.2) is 24.3 Å². The Labute approximate surface area is 134 Å². The first-order valence-electron chi connectivity index (χ1n) is 7.00. The fourth-order valence-corrected chi connectivity index (χ4v) is 3.19. The van der Waals surface area contributed by atoms with Crippen molar-refractivity contribution in [3.8, 4) is 0 Å². The van der Waals surface area contributed by atoms with Crippen molar-refractivity contribution in [2.75, 3.05) is 7.05 Å². The summed E-state index contributed by atoms with van der Waals surface area (Å²) >= 11 is 2.45. The van der Waals surface area contributed by atoms with E-state index in [9.17, 15) is 0 Å². The quantitative estimate of drug-likeness (QED) is 0.803. The van der Waals surface area contributed by atoms with Crippen LogP contribution >= 0.6 is 22.6 Å². The van der Waals surface area contributed by atoms with Crippen LogP contribution in [0.4, 0.5) is 0 Å². The molecule has 1 aromatic carbocycles. The van der Waals surface area contributed by atoms with E-state index in [0.29, 0.717) is 6.04 Å². The second kappa shape index (κ2) is 6.72.